The number of aromatic amines is 1. The lowest BCUT2D eigenvalue weighted by Gasteiger charge is -2.09. The molecule has 8 heteroatoms. The van der Waals surface area contributed by atoms with Crippen LogP contribution in [0.3, 0.4) is 0 Å². The number of aromatic nitrogens is 2. The Hall–Kier alpha value is -3.94. The smallest absolute Gasteiger partial charge is 0.303 e. The van der Waals surface area contributed by atoms with Gasteiger partial charge in [-0.2, -0.15) is 0 Å². The maximum Gasteiger partial charge on any atom is 0.329 e. The van der Waals surface area contributed by atoms with Crippen molar-refractivity contribution in [2.24, 2.45) is 0 Å². The van der Waals surface area contributed by atoms with E-state index in [-0.39, 0.29) is 22.6 Å². The summed E-state index contributed by atoms with van der Waals surface area (Å²) in [4.78, 5) is 39.6. The average molecular weight is 448 g/mol. The quantitative estimate of drug-likeness (QED) is 0.425. The first-order valence-electron chi connectivity index (χ1n) is 10.9. The van der Waals surface area contributed by atoms with Crippen LogP contribution < -0.4 is 10.9 Å². The molecule has 7 nitrogen and oxygen atoms in total. The monoisotopic (exact) mass is 448 g/mol. The molecule has 1 aromatic heterocycles. The second-order valence-corrected chi connectivity index (χ2v) is 8.03. The van der Waals surface area contributed by atoms with Gasteiger partial charge >= 0.3 is 6.03 Å². The molecule has 2 aromatic carbocycles. The molecule has 0 spiro atoms. The zero-order chi connectivity index (χ0) is 23.5. The summed E-state index contributed by atoms with van der Waals surface area (Å²) in [5.41, 5.74) is 2.90. The van der Waals surface area contributed by atoms with Crippen LogP contribution in [-0.2, 0) is 11.2 Å². The standard InChI is InChI=1S/C25H25FN4O3/c1-3-4-13-29-24(32)21(27-25(29)33)15-19-20(14-17-9-11-18(26)12-10-17)28-30(23(19)31)22-8-6-5-7-16(22)2/h5-12,15,28H,3-4,13-14H2,1-2H3,(H,27,33). The van der Waals surface area contributed by atoms with Crippen LogP contribution in [0.2, 0.25) is 0 Å². The summed E-state index contributed by atoms with van der Waals surface area (Å²) < 4.78 is 14.8. The summed E-state index contributed by atoms with van der Waals surface area (Å²) >= 11 is 0. The highest BCUT2D eigenvalue weighted by atomic mass is 19.1. The number of amides is 3. The Kier molecular flexibility index (Phi) is 6.26. The van der Waals surface area contributed by atoms with E-state index in [1.165, 1.54) is 22.9 Å². The number of nitrogens with zero attached hydrogens (tertiary/aromatic N) is 2. The van der Waals surface area contributed by atoms with Crippen LogP contribution in [-0.4, -0.2) is 33.2 Å². The van der Waals surface area contributed by atoms with Crippen LogP contribution in [0.5, 0.6) is 0 Å². The summed E-state index contributed by atoms with van der Waals surface area (Å²) in [7, 11) is 0. The van der Waals surface area contributed by atoms with Crippen LogP contribution >= 0.6 is 0 Å². The van der Waals surface area contributed by atoms with Gasteiger partial charge < -0.3 is 5.32 Å². The number of aryl methyl sites for hydroxylation is 1. The summed E-state index contributed by atoms with van der Waals surface area (Å²) in [5.74, 6) is -0.803. The maximum absolute atomic E-state index is 13.4. The van der Waals surface area contributed by atoms with Gasteiger partial charge in [-0.25, -0.2) is 13.9 Å². The minimum Gasteiger partial charge on any atom is -0.303 e. The Morgan fingerprint density at radius 2 is 1.76 bits per heavy atom. The van der Waals surface area contributed by atoms with Crippen LogP contribution in [0.4, 0.5) is 9.18 Å². The molecule has 0 aliphatic carbocycles. The molecule has 0 radical (unpaired) electrons. The van der Waals surface area contributed by atoms with E-state index in [9.17, 15) is 18.8 Å². The van der Waals surface area contributed by atoms with Crippen molar-refractivity contribution in [1.82, 2.24) is 20.0 Å². The second kappa shape index (κ2) is 9.28. The lowest BCUT2D eigenvalue weighted by molar-refractivity contribution is -0.122. The third-order valence-corrected chi connectivity index (χ3v) is 5.64. The van der Waals surface area contributed by atoms with Crippen LogP contribution in [0.1, 0.15) is 42.1 Å². The number of unbranched alkanes of at least 4 members (excludes halogenated alkanes) is 1. The van der Waals surface area contributed by atoms with Gasteiger partial charge in [-0.1, -0.05) is 43.7 Å². The van der Waals surface area contributed by atoms with Gasteiger partial charge in [-0.05, 0) is 48.7 Å². The Morgan fingerprint density at radius 3 is 2.45 bits per heavy atom. The first-order valence-corrected chi connectivity index (χ1v) is 10.9. The molecule has 1 aliphatic rings. The van der Waals surface area contributed by atoms with Gasteiger partial charge in [0, 0.05) is 18.7 Å². The number of imide groups is 1. The van der Waals surface area contributed by atoms with Crippen molar-refractivity contribution in [3.63, 3.8) is 0 Å². The highest BCUT2D eigenvalue weighted by Crippen LogP contribution is 2.19. The summed E-state index contributed by atoms with van der Waals surface area (Å²) in [6, 6.07) is 12.9. The van der Waals surface area contributed by atoms with E-state index in [0.29, 0.717) is 30.8 Å². The minimum atomic E-state index is -0.491. The molecule has 33 heavy (non-hydrogen) atoms. The molecule has 0 bridgehead atoms. The molecule has 2 N–H and O–H groups in total. The van der Waals surface area contributed by atoms with Crippen LogP contribution in [0, 0.1) is 12.7 Å². The molecular weight excluding hydrogens is 423 g/mol. The Balaban J connectivity index is 1.79. The number of para-hydroxylation sites is 1. The number of carbonyl (C=O) groups excluding carboxylic acids is 2. The zero-order valence-electron chi connectivity index (χ0n) is 18.5. The number of carbonyl (C=O) groups is 2. The van der Waals surface area contributed by atoms with Crippen molar-refractivity contribution >= 4 is 18.0 Å². The molecule has 1 aliphatic heterocycles. The molecule has 1 fully saturated rings. The van der Waals surface area contributed by atoms with Crippen molar-refractivity contribution in [3.05, 3.63) is 92.8 Å². The number of hydrogen-bond acceptors (Lipinski definition) is 3. The number of nitrogens with one attached hydrogen (secondary N) is 2. The van der Waals surface area contributed by atoms with Gasteiger partial charge in [0.1, 0.15) is 11.5 Å². The highest BCUT2D eigenvalue weighted by Gasteiger charge is 2.33. The van der Waals surface area contributed by atoms with Gasteiger partial charge in [0.15, 0.2) is 0 Å². The number of hydrogen-bond donors (Lipinski definition) is 2. The van der Waals surface area contributed by atoms with Crippen LogP contribution in [0.15, 0.2) is 59.0 Å². The van der Waals surface area contributed by atoms with Crippen LogP contribution in [0.25, 0.3) is 11.8 Å². The third kappa shape index (κ3) is 4.50. The van der Waals surface area contributed by atoms with Gasteiger partial charge in [-0.3, -0.25) is 19.6 Å². The Bertz CT molecular complexity index is 1290. The van der Waals surface area contributed by atoms with E-state index in [0.717, 1.165) is 22.4 Å². The highest BCUT2D eigenvalue weighted by molar-refractivity contribution is 6.14. The van der Waals surface area contributed by atoms with Gasteiger partial charge in [-0.15, -0.1) is 0 Å². The molecule has 170 valence electrons. The maximum atomic E-state index is 13.4. The third-order valence-electron chi connectivity index (χ3n) is 5.64. The molecule has 3 aromatic rings. The second-order valence-electron chi connectivity index (χ2n) is 8.03. The van der Waals surface area contributed by atoms with Crippen molar-refractivity contribution in [2.75, 3.05) is 6.54 Å². The molecule has 4 rings (SSSR count). The Morgan fingerprint density at radius 1 is 1.03 bits per heavy atom. The predicted molar refractivity (Wildman–Crippen MR) is 123 cm³/mol. The van der Waals surface area contributed by atoms with E-state index in [1.54, 1.807) is 12.1 Å². The van der Waals surface area contributed by atoms with Gasteiger partial charge in [0.2, 0.25) is 0 Å². The zero-order valence-corrected chi connectivity index (χ0v) is 18.5. The minimum absolute atomic E-state index is 0.0597. The van der Waals surface area contributed by atoms with Crippen molar-refractivity contribution in [1.29, 1.82) is 0 Å². The summed E-state index contributed by atoms with van der Waals surface area (Å²) in [6.07, 6.45) is 3.29. The molecule has 0 unspecified atom stereocenters. The normalized spacial score (nSPS) is 14.9. The molecule has 0 saturated carbocycles. The first kappa shape index (κ1) is 22.3. The number of rotatable bonds is 7. The lowest BCUT2D eigenvalue weighted by atomic mass is 10.1. The molecule has 2 heterocycles. The molecule has 1 saturated heterocycles. The van der Waals surface area contributed by atoms with Crippen molar-refractivity contribution in [2.45, 2.75) is 33.1 Å². The van der Waals surface area contributed by atoms with Gasteiger partial charge in [0.25, 0.3) is 11.5 Å². The number of urea groups is 1. The number of halogens is 1. The molecule has 3 amide bonds. The fourth-order valence-corrected chi connectivity index (χ4v) is 3.80. The molecule has 0 atom stereocenters. The SMILES string of the molecule is CCCCN1C(=O)NC(=Cc2c(Cc3ccc(F)cc3)[nH]n(-c3ccccc3C)c2=O)C1=O. The van der Waals surface area contributed by atoms with Gasteiger partial charge in [0.05, 0.1) is 11.3 Å². The van der Waals surface area contributed by atoms with E-state index in [1.807, 2.05) is 38.1 Å². The van der Waals surface area contributed by atoms with Crippen molar-refractivity contribution in [3.8, 4) is 5.69 Å². The summed E-state index contributed by atoms with van der Waals surface area (Å²) in [6.45, 7) is 4.19. The fraction of sp³-hybridized carbons (Fsp3) is 0.240. The fourth-order valence-electron chi connectivity index (χ4n) is 3.80. The Labute approximate surface area is 190 Å². The predicted octanol–water partition coefficient (Wildman–Crippen LogP) is 3.90. The summed E-state index contributed by atoms with van der Waals surface area (Å²) in [5, 5.41) is 5.73. The van der Waals surface area contributed by atoms with E-state index in [4.69, 9.17) is 0 Å². The number of benzene rings is 2. The van der Waals surface area contributed by atoms with Crippen molar-refractivity contribution < 1.29 is 14.0 Å². The van der Waals surface area contributed by atoms with E-state index >= 15 is 0 Å². The number of H-pyrrole nitrogens is 1. The first-order chi connectivity index (χ1) is 15.9. The molecular formula is C25H25FN4O3. The average Bonchev–Trinajstić information content (AvgIpc) is 3.24. The van der Waals surface area contributed by atoms with E-state index < -0.39 is 11.9 Å². The largest absolute Gasteiger partial charge is 0.329 e. The van der Waals surface area contributed by atoms with E-state index in [2.05, 4.69) is 10.4 Å². The topological polar surface area (TPSA) is 87.2 Å². The lowest BCUT2D eigenvalue weighted by Crippen LogP contribution is -2.31.